The van der Waals surface area contributed by atoms with E-state index in [2.05, 4.69) is 5.32 Å². The fourth-order valence-electron chi connectivity index (χ4n) is 3.49. The predicted molar refractivity (Wildman–Crippen MR) is 133 cm³/mol. The van der Waals surface area contributed by atoms with E-state index in [-0.39, 0.29) is 22.7 Å². The van der Waals surface area contributed by atoms with Gasteiger partial charge in [-0.1, -0.05) is 54.6 Å². The van der Waals surface area contributed by atoms with Crippen LogP contribution in [0, 0.1) is 10.1 Å². The summed E-state index contributed by atoms with van der Waals surface area (Å²) in [7, 11) is 0. The minimum absolute atomic E-state index is 0.119. The highest BCUT2D eigenvalue weighted by Gasteiger charge is 2.27. The summed E-state index contributed by atoms with van der Waals surface area (Å²) in [6.45, 7) is 0. The molecule has 0 saturated carbocycles. The molecule has 0 aliphatic heterocycles. The van der Waals surface area contributed by atoms with Crippen molar-refractivity contribution >= 4 is 29.0 Å². The van der Waals surface area contributed by atoms with E-state index in [4.69, 9.17) is 4.74 Å². The standard InChI is InChI=1S/C28H20N2O6/c31-25(19-8-3-1-4-9-19)26(20-14-16-24(17-15-20)30(34)35)36-28(33)22-12-7-13-23(18-22)29-27(32)21-10-5-2-6-11-21/h1-18,26H,(H,29,32)/t26-/m1/s1. The molecule has 1 atom stereocenters. The van der Waals surface area contributed by atoms with Crippen LogP contribution in [-0.2, 0) is 4.74 Å². The number of nitro groups is 1. The number of carbonyl (C=O) groups is 3. The van der Waals surface area contributed by atoms with E-state index in [0.29, 0.717) is 16.8 Å². The minimum Gasteiger partial charge on any atom is -0.445 e. The SMILES string of the molecule is O=C(Nc1cccc(C(=O)O[C@@H](C(=O)c2ccccc2)c2ccc([N+](=O)[O-])cc2)c1)c1ccccc1. The molecule has 0 aromatic heterocycles. The molecule has 0 fully saturated rings. The molecule has 0 aliphatic rings. The van der Waals surface area contributed by atoms with Crippen molar-refractivity contribution < 1.29 is 24.0 Å². The molecule has 1 amide bonds. The first-order valence-electron chi connectivity index (χ1n) is 10.9. The molecule has 4 aromatic rings. The largest absolute Gasteiger partial charge is 0.445 e. The summed E-state index contributed by atoms with van der Waals surface area (Å²) in [5.41, 5.74) is 1.40. The van der Waals surface area contributed by atoms with Crippen molar-refractivity contribution in [3.05, 3.63) is 142 Å². The number of anilines is 1. The van der Waals surface area contributed by atoms with Crippen molar-refractivity contribution in [3.8, 4) is 0 Å². The molecular formula is C28H20N2O6. The second kappa shape index (κ2) is 10.9. The van der Waals surface area contributed by atoms with E-state index in [1.807, 2.05) is 0 Å². The highest BCUT2D eigenvalue weighted by atomic mass is 16.6. The molecule has 0 aliphatic carbocycles. The normalized spacial score (nSPS) is 11.2. The van der Waals surface area contributed by atoms with E-state index in [9.17, 15) is 24.5 Å². The molecule has 4 aromatic carbocycles. The van der Waals surface area contributed by atoms with Crippen LogP contribution in [-0.4, -0.2) is 22.6 Å². The average Bonchev–Trinajstić information content (AvgIpc) is 2.92. The highest BCUT2D eigenvalue weighted by Crippen LogP contribution is 2.26. The van der Waals surface area contributed by atoms with Crippen LogP contribution in [0.5, 0.6) is 0 Å². The molecule has 8 heteroatoms. The third kappa shape index (κ3) is 5.68. The fourth-order valence-corrected chi connectivity index (χ4v) is 3.49. The number of hydrogen-bond donors (Lipinski definition) is 1. The lowest BCUT2D eigenvalue weighted by Crippen LogP contribution is -2.20. The van der Waals surface area contributed by atoms with Crippen LogP contribution >= 0.6 is 0 Å². The van der Waals surface area contributed by atoms with Gasteiger partial charge in [0.25, 0.3) is 11.6 Å². The van der Waals surface area contributed by atoms with Crippen LogP contribution in [0.15, 0.2) is 109 Å². The number of nitro benzene ring substituents is 1. The molecule has 178 valence electrons. The molecule has 4 rings (SSSR count). The zero-order chi connectivity index (χ0) is 25.5. The number of hydrogen-bond acceptors (Lipinski definition) is 6. The number of nitrogens with one attached hydrogen (secondary N) is 1. The zero-order valence-corrected chi connectivity index (χ0v) is 18.9. The molecule has 0 heterocycles. The van der Waals surface area contributed by atoms with Crippen molar-refractivity contribution in [2.75, 3.05) is 5.32 Å². The first-order chi connectivity index (χ1) is 17.4. The fraction of sp³-hybridized carbons (Fsp3) is 0.0357. The predicted octanol–water partition coefficient (Wildman–Crippen LogP) is 5.63. The Morgan fingerprint density at radius 3 is 1.92 bits per heavy atom. The Morgan fingerprint density at radius 1 is 0.722 bits per heavy atom. The van der Waals surface area contributed by atoms with Crippen molar-refractivity contribution in [2.24, 2.45) is 0 Å². The molecule has 0 spiro atoms. The van der Waals surface area contributed by atoms with E-state index in [0.717, 1.165) is 0 Å². The number of benzene rings is 4. The van der Waals surface area contributed by atoms with Crippen LogP contribution in [0.4, 0.5) is 11.4 Å². The van der Waals surface area contributed by atoms with Crippen LogP contribution in [0.1, 0.15) is 42.7 Å². The van der Waals surface area contributed by atoms with Crippen molar-refractivity contribution in [2.45, 2.75) is 6.10 Å². The summed E-state index contributed by atoms with van der Waals surface area (Å²) in [5, 5.41) is 13.7. The van der Waals surface area contributed by atoms with Gasteiger partial charge in [0.2, 0.25) is 5.78 Å². The quantitative estimate of drug-likeness (QED) is 0.151. The molecule has 0 saturated heterocycles. The third-order valence-electron chi connectivity index (χ3n) is 5.32. The van der Waals surface area contributed by atoms with Crippen molar-refractivity contribution in [3.63, 3.8) is 0 Å². The molecular weight excluding hydrogens is 460 g/mol. The molecule has 1 N–H and O–H groups in total. The lowest BCUT2D eigenvalue weighted by Gasteiger charge is -2.18. The van der Waals surface area contributed by atoms with E-state index in [1.54, 1.807) is 72.8 Å². The number of ether oxygens (including phenoxy) is 1. The van der Waals surface area contributed by atoms with Crippen molar-refractivity contribution in [1.82, 2.24) is 0 Å². The summed E-state index contributed by atoms with van der Waals surface area (Å²) in [6.07, 6.45) is -1.33. The number of nitrogens with zero attached hydrogens (tertiary/aromatic N) is 1. The van der Waals surface area contributed by atoms with Gasteiger partial charge in [0.1, 0.15) is 0 Å². The van der Waals surface area contributed by atoms with Gasteiger partial charge in [0.15, 0.2) is 6.10 Å². The smallest absolute Gasteiger partial charge is 0.339 e. The number of amides is 1. The number of esters is 1. The van der Waals surface area contributed by atoms with Gasteiger partial charge in [-0.25, -0.2) is 4.79 Å². The first-order valence-corrected chi connectivity index (χ1v) is 10.9. The number of Topliss-reactive ketones (excluding diaryl/α,β-unsaturated/α-hetero) is 1. The van der Waals surface area contributed by atoms with Gasteiger partial charge < -0.3 is 10.1 Å². The maximum atomic E-state index is 13.2. The lowest BCUT2D eigenvalue weighted by atomic mass is 9.99. The Hall–Kier alpha value is -5.11. The van der Waals surface area contributed by atoms with Gasteiger partial charge in [-0.2, -0.15) is 0 Å². The highest BCUT2D eigenvalue weighted by molar-refractivity contribution is 6.05. The molecule has 0 bridgehead atoms. The molecule has 8 nitrogen and oxygen atoms in total. The zero-order valence-electron chi connectivity index (χ0n) is 18.9. The van der Waals surface area contributed by atoms with Gasteiger partial charge in [-0.15, -0.1) is 0 Å². The second-order valence-corrected chi connectivity index (χ2v) is 7.77. The van der Waals surface area contributed by atoms with Crippen LogP contribution in [0.3, 0.4) is 0 Å². The van der Waals surface area contributed by atoms with Crippen LogP contribution in [0.25, 0.3) is 0 Å². The number of ketones is 1. The molecule has 0 radical (unpaired) electrons. The van der Waals surface area contributed by atoms with Crippen LogP contribution in [0.2, 0.25) is 0 Å². The second-order valence-electron chi connectivity index (χ2n) is 7.77. The first kappa shape index (κ1) is 24.0. The summed E-state index contributed by atoms with van der Waals surface area (Å²) in [4.78, 5) is 49.2. The number of rotatable bonds is 8. The Kier molecular flexibility index (Phi) is 7.26. The maximum Gasteiger partial charge on any atom is 0.339 e. The third-order valence-corrected chi connectivity index (χ3v) is 5.32. The van der Waals surface area contributed by atoms with Gasteiger partial charge in [-0.05, 0) is 42.5 Å². The number of carbonyl (C=O) groups excluding carboxylic acids is 3. The van der Waals surface area contributed by atoms with Crippen molar-refractivity contribution in [1.29, 1.82) is 0 Å². The van der Waals surface area contributed by atoms with Gasteiger partial charge in [0.05, 0.1) is 10.5 Å². The average molecular weight is 480 g/mol. The summed E-state index contributed by atoms with van der Waals surface area (Å²) < 4.78 is 5.61. The maximum absolute atomic E-state index is 13.2. The Balaban J connectivity index is 1.58. The molecule has 36 heavy (non-hydrogen) atoms. The summed E-state index contributed by atoms with van der Waals surface area (Å²) >= 11 is 0. The van der Waals surface area contributed by atoms with Crippen LogP contribution < -0.4 is 5.32 Å². The lowest BCUT2D eigenvalue weighted by molar-refractivity contribution is -0.384. The molecule has 0 unspecified atom stereocenters. The number of non-ortho nitro benzene ring substituents is 1. The van der Waals surface area contributed by atoms with Gasteiger partial charge >= 0.3 is 5.97 Å². The summed E-state index contributed by atoms with van der Waals surface area (Å²) in [5.74, 6) is -1.62. The van der Waals surface area contributed by atoms with Gasteiger partial charge in [-0.3, -0.25) is 19.7 Å². The topological polar surface area (TPSA) is 116 Å². The Labute approximate surface area is 206 Å². The summed E-state index contributed by atoms with van der Waals surface area (Å²) in [6, 6.07) is 28.3. The minimum atomic E-state index is -1.33. The Bertz CT molecular complexity index is 1400. The monoisotopic (exact) mass is 480 g/mol. The van der Waals surface area contributed by atoms with Gasteiger partial charge in [0, 0.05) is 34.5 Å². The Morgan fingerprint density at radius 2 is 1.31 bits per heavy atom. The van der Waals surface area contributed by atoms with E-state index in [1.165, 1.54) is 36.4 Å². The van der Waals surface area contributed by atoms with E-state index < -0.39 is 22.8 Å². The van der Waals surface area contributed by atoms with E-state index >= 15 is 0 Å².